The second-order valence-electron chi connectivity index (χ2n) is 7.02. The Labute approximate surface area is 125 Å². The van der Waals surface area contributed by atoms with Gasteiger partial charge in [-0.3, -0.25) is 0 Å². The van der Waals surface area contributed by atoms with Crippen LogP contribution in [0.2, 0.25) is 0 Å². The summed E-state index contributed by atoms with van der Waals surface area (Å²) in [4.78, 5) is 0. The number of ether oxygens (including phenoxy) is 1. The highest BCUT2D eigenvalue weighted by Crippen LogP contribution is 2.26. The van der Waals surface area contributed by atoms with Gasteiger partial charge in [0.15, 0.2) is 0 Å². The Morgan fingerprint density at radius 1 is 1.10 bits per heavy atom. The quantitative estimate of drug-likeness (QED) is 0.682. The molecule has 20 heavy (non-hydrogen) atoms. The Bertz CT molecular complexity index is 239. The summed E-state index contributed by atoms with van der Waals surface area (Å²) in [7, 11) is 0. The smallest absolute Gasteiger partial charge is 0.0897 e. The lowest BCUT2D eigenvalue weighted by molar-refractivity contribution is -0.00981. The van der Waals surface area contributed by atoms with Crippen LogP contribution in [0.15, 0.2) is 0 Å². The summed E-state index contributed by atoms with van der Waals surface area (Å²) in [6.45, 7) is 9.83. The van der Waals surface area contributed by atoms with Crippen molar-refractivity contribution in [3.63, 3.8) is 0 Å². The Hall–Kier alpha value is -0.120. The summed E-state index contributed by atoms with van der Waals surface area (Å²) < 4.78 is 5.70. The second kappa shape index (κ2) is 9.75. The van der Waals surface area contributed by atoms with Gasteiger partial charge in [0.05, 0.1) is 18.8 Å². The van der Waals surface area contributed by atoms with E-state index in [0.717, 1.165) is 12.3 Å². The molecule has 2 N–H and O–H groups in total. The van der Waals surface area contributed by atoms with Crippen LogP contribution in [0.1, 0.15) is 66.2 Å². The number of hydrogen-bond donors (Lipinski definition) is 2. The van der Waals surface area contributed by atoms with Crippen molar-refractivity contribution in [3.05, 3.63) is 0 Å². The van der Waals surface area contributed by atoms with E-state index >= 15 is 0 Å². The van der Waals surface area contributed by atoms with Gasteiger partial charge < -0.3 is 15.2 Å². The maximum atomic E-state index is 9.99. The summed E-state index contributed by atoms with van der Waals surface area (Å²) in [5.41, 5.74) is 0. The third kappa shape index (κ3) is 7.61. The molecular weight excluding hydrogens is 250 g/mol. The third-order valence-electron chi connectivity index (χ3n) is 4.41. The molecule has 0 radical (unpaired) electrons. The van der Waals surface area contributed by atoms with E-state index in [1.807, 2.05) is 0 Å². The third-order valence-corrected chi connectivity index (χ3v) is 4.41. The van der Waals surface area contributed by atoms with Crippen LogP contribution in [-0.4, -0.2) is 36.5 Å². The summed E-state index contributed by atoms with van der Waals surface area (Å²) in [6, 6.07) is 0.512. The topological polar surface area (TPSA) is 41.5 Å². The van der Waals surface area contributed by atoms with Crippen molar-refractivity contribution in [2.45, 2.75) is 84.5 Å². The molecular formula is C17H35NO2. The van der Waals surface area contributed by atoms with Crippen LogP contribution >= 0.6 is 0 Å². The van der Waals surface area contributed by atoms with Gasteiger partial charge in [0.2, 0.25) is 0 Å². The molecule has 3 atom stereocenters. The Morgan fingerprint density at radius 3 is 2.35 bits per heavy atom. The first-order chi connectivity index (χ1) is 9.49. The van der Waals surface area contributed by atoms with Gasteiger partial charge >= 0.3 is 0 Å². The molecule has 0 saturated heterocycles. The Balaban J connectivity index is 2.10. The van der Waals surface area contributed by atoms with Crippen molar-refractivity contribution in [1.29, 1.82) is 0 Å². The molecule has 0 aromatic heterocycles. The van der Waals surface area contributed by atoms with E-state index in [1.54, 1.807) is 0 Å². The van der Waals surface area contributed by atoms with E-state index < -0.39 is 6.10 Å². The SMILES string of the molecule is CC(C)CC(C)OCC(O)CN[C@@H](C)C1CCCCC1. The van der Waals surface area contributed by atoms with Crippen LogP contribution in [0.4, 0.5) is 0 Å². The van der Waals surface area contributed by atoms with Gasteiger partial charge in [-0.15, -0.1) is 0 Å². The van der Waals surface area contributed by atoms with Gasteiger partial charge in [0, 0.05) is 12.6 Å². The van der Waals surface area contributed by atoms with Crippen LogP contribution in [0.5, 0.6) is 0 Å². The molecule has 1 fully saturated rings. The van der Waals surface area contributed by atoms with Gasteiger partial charge in [-0.25, -0.2) is 0 Å². The minimum Gasteiger partial charge on any atom is -0.389 e. The predicted molar refractivity (Wildman–Crippen MR) is 84.9 cm³/mol. The van der Waals surface area contributed by atoms with Crippen LogP contribution in [0.3, 0.4) is 0 Å². The van der Waals surface area contributed by atoms with Gasteiger partial charge in [0.25, 0.3) is 0 Å². The molecule has 1 rings (SSSR count). The van der Waals surface area contributed by atoms with Crippen molar-refractivity contribution < 1.29 is 9.84 Å². The molecule has 0 aliphatic heterocycles. The lowest BCUT2D eigenvalue weighted by Gasteiger charge is -2.29. The molecule has 1 saturated carbocycles. The first-order valence-corrected chi connectivity index (χ1v) is 8.52. The highest BCUT2D eigenvalue weighted by molar-refractivity contribution is 4.77. The van der Waals surface area contributed by atoms with Gasteiger partial charge in [0.1, 0.15) is 0 Å². The Morgan fingerprint density at radius 2 is 1.75 bits per heavy atom. The van der Waals surface area contributed by atoms with Crippen LogP contribution in [0.25, 0.3) is 0 Å². The number of hydrogen-bond acceptors (Lipinski definition) is 3. The maximum absolute atomic E-state index is 9.99. The largest absolute Gasteiger partial charge is 0.389 e. The number of nitrogens with one attached hydrogen (secondary N) is 1. The first-order valence-electron chi connectivity index (χ1n) is 8.52. The van der Waals surface area contributed by atoms with Crippen molar-refractivity contribution in [3.8, 4) is 0 Å². The standard InChI is InChI=1S/C17H35NO2/c1-13(2)10-14(3)20-12-17(19)11-18-15(4)16-8-6-5-7-9-16/h13-19H,5-12H2,1-4H3/t14?,15-,17?/m0/s1. The van der Waals surface area contributed by atoms with Crippen LogP contribution in [-0.2, 0) is 4.74 Å². The molecule has 1 aliphatic carbocycles. The van der Waals surface area contributed by atoms with Crippen molar-refractivity contribution >= 4 is 0 Å². The first kappa shape index (κ1) is 17.9. The normalized spacial score (nSPS) is 21.9. The molecule has 1 aliphatic rings. The van der Waals surface area contributed by atoms with Crippen molar-refractivity contribution in [2.24, 2.45) is 11.8 Å². The predicted octanol–water partition coefficient (Wildman–Crippen LogP) is 3.36. The summed E-state index contributed by atoms with van der Waals surface area (Å²) >= 11 is 0. The monoisotopic (exact) mass is 285 g/mol. The highest BCUT2D eigenvalue weighted by Gasteiger charge is 2.20. The molecule has 120 valence electrons. The lowest BCUT2D eigenvalue weighted by Crippen LogP contribution is -2.40. The molecule has 0 bridgehead atoms. The van der Waals surface area contributed by atoms with Crippen LogP contribution < -0.4 is 5.32 Å². The summed E-state index contributed by atoms with van der Waals surface area (Å²) in [6.07, 6.45) is 7.71. The molecule has 0 aromatic rings. The number of rotatable bonds is 9. The second-order valence-corrected chi connectivity index (χ2v) is 7.02. The average Bonchev–Trinajstić information content (AvgIpc) is 2.42. The van der Waals surface area contributed by atoms with Crippen molar-refractivity contribution in [1.82, 2.24) is 5.32 Å². The van der Waals surface area contributed by atoms with E-state index in [4.69, 9.17) is 4.74 Å². The van der Waals surface area contributed by atoms with Gasteiger partial charge in [-0.1, -0.05) is 33.1 Å². The van der Waals surface area contributed by atoms with Crippen LogP contribution in [0, 0.1) is 11.8 Å². The average molecular weight is 285 g/mol. The van der Waals surface area contributed by atoms with Gasteiger partial charge in [-0.05, 0) is 44.9 Å². The minimum atomic E-state index is -0.393. The van der Waals surface area contributed by atoms with E-state index in [1.165, 1.54) is 32.1 Å². The fourth-order valence-electron chi connectivity index (χ4n) is 3.19. The fraction of sp³-hybridized carbons (Fsp3) is 1.00. The Kier molecular flexibility index (Phi) is 8.74. The lowest BCUT2D eigenvalue weighted by atomic mass is 9.84. The zero-order chi connectivity index (χ0) is 15.0. The highest BCUT2D eigenvalue weighted by atomic mass is 16.5. The molecule has 3 heteroatoms. The molecule has 0 spiro atoms. The van der Waals surface area contributed by atoms with Crippen molar-refractivity contribution in [2.75, 3.05) is 13.2 Å². The zero-order valence-corrected chi connectivity index (χ0v) is 13.9. The molecule has 0 aromatic carbocycles. The van der Waals surface area contributed by atoms with E-state index in [9.17, 15) is 5.11 Å². The van der Waals surface area contributed by atoms with Gasteiger partial charge in [-0.2, -0.15) is 0 Å². The summed E-state index contributed by atoms with van der Waals surface area (Å²) in [5.74, 6) is 1.43. The van der Waals surface area contributed by atoms with E-state index in [-0.39, 0.29) is 6.10 Å². The fourth-order valence-corrected chi connectivity index (χ4v) is 3.19. The zero-order valence-electron chi connectivity index (χ0n) is 13.9. The number of aliphatic hydroxyl groups is 1. The van der Waals surface area contributed by atoms with E-state index in [0.29, 0.717) is 25.1 Å². The maximum Gasteiger partial charge on any atom is 0.0897 e. The molecule has 0 heterocycles. The number of aliphatic hydroxyl groups excluding tert-OH is 1. The summed E-state index contributed by atoms with van der Waals surface area (Å²) in [5, 5.41) is 13.5. The molecule has 0 amide bonds. The molecule has 3 nitrogen and oxygen atoms in total. The molecule has 2 unspecified atom stereocenters. The van der Waals surface area contributed by atoms with E-state index in [2.05, 4.69) is 33.0 Å². The minimum absolute atomic E-state index is 0.236.